The maximum Gasteiger partial charge on any atom is 0.313 e. The van der Waals surface area contributed by atoms with E-state index < -0.39 is 5.97 Å². The zero-order valence-corrected chi connectivity index (χ0v) is 11.6. The van der Waals surface area contributed by atoms with Crippen LogP contribution in [-0.4, -0.2) is 38.2 Å². The third-order valence-corrected chi connectivity index (χ3v) is 3.43. The van der Waals surface area contributed by atoms with Gasteiger partial charge in [0.2, 0.25) is 0 Å². The first kappa shape index (κ1) is 14.4. The van der Waals surface area contributed by atoms with Crippen molar-refractivity contribution in [1.29, 1.82) is 0 Å². The summed E-state index contributed by atoms with van der Waals surface area (Å²) in [5.74, 6) is -0.0344. The van der Waals surface area contributed by atoms with Crippen molar-refractivity contribution >= 4 is 17.7 Å². The minimum atomic E-state index is -0.864. The summed E-state index contributed by atoms with van der Waals surface area (Å²) < 4.78 is 7.42. The summed E-state index contributed by atoms with van der Waals surface area (Å²) >= 11 is 1.17. The van der Waals surface area contributed by atoms with E-state index >= 15 is 0 Å². The predicted molar refractivity (Wildman–Crippen MR) is 74.9 cm³/mol. The summed E-state index contributed by atoms with van der Waals surface area (Å²) in [4.78, 5) is 10.5. The topological polar surface area (TPSA) is 77.2 Å². The number of aromatic nitrogens is 3. The fourth-order valence-electron chi connectivity index (χ4n) is 1.58. The van der Waals surface area contributed by atoms with Gasteiger partial charge >= 0.3 is 5.97 Å². The highest BCUT2D eigenvalue weighted by molar-refractivity contribution is 7.99. The Hall–Kier alpha value is -2.02. The molecule has 7 heteroatoms. The minimum absolute atomic E-state index is 0.0147. The summed E-state index contributed by atoms with van der Waals surface area (Å²) in [5, 5.41) is 17.0. The van der Waals surface area contributed by atoms with E-state index in [1.54, 1.807) is 6.33 Å². The molecule has 0 atom stereocenters. The number of rotatable bonds is 8. The monoisotopic (exact) mass is 293 g/mol. The second kappa shape index (κ2) is 7.54. The summed E-state index contributed by atoms with van der Waals surface area (Å²) in [6, 6.07) is 9.61. The van der Waals surface area contributed by atoms with Gasteiger partial charge in [0.15, 0.2) is 5.16 Å². The molecule has 0 saturated heterocycles. The molecule has 6 nitrogen and oxygen atoms in total. The Balaban J connectivity index is 1.74. The molecule has 106 valence electrons. The van der Waals surface area contributed by atoms with Gasteiger partial charge in [-0.05, 0) is 18.6 Å². The van der Waals surface area contributed by atoms with E-state index in [1.807, 2.05) is 34.9 Å². The highest BCUT2D eigenvalue weighted by Gasteiger charge is 2.07. The van der Waals surface area contributed by atoms with Crippen molar-refractivity contribution in [2.24, 2.45) is 0 Å². The molecule has 0 unspecified atom stereocenters. The maximum atomic E-state index is 10.5. The summed E-state index contributed by atoms with van der Waals surface area (Å²) in [6.07, 6.45) is 2.40. The summed E-state index contributed by atoms with van der Waals surface area (Å²) in [5.41, 5.74) is 0. The van der Waals surface area contributed by atoms with Crippen LogP contribution in [0.2, 0.25) is 0 Å². The molecule has 1 aromatic carbocycles. The quantitative estimate of drug-likeness (QED) is 0.592. The van der Waals surface area contributed by atoms with E-state index in [0.29, 0.717) is 18.3 Å². The van der Waals surface area contributed by atoms with Crippen LogP contribution in [0.4, 0.5) is 0 Å². The molecule has 2 aromatic rings. The molecule has 0 aliphatic carbocycles. The standard InChI is InChI=1S/C13H15N3O3S/c17-12(18)9-20-13-15-14-10-16(13)7-4-8-19-11-5-2-1-3-6-11/h1-3,5-6,10H,4,7-9H2,(H,17,18). The van der Waals surface area contributed by atoms with E-state index in [2.05, 4.69) is 10.2 Å². The lowest BCUT2D eigenvalue weighted by Crippen LogP contribution is -2.06. The smallest absolute Gasteiger partial charge is 0.313 e. The van der Waals surface area contributed by atoms with Crippen LogP contribution < -0.4 is 4.74 Å². The minimum Gasteiger partial charge on any atom is -0.494 e. The molecule has 0 amide bonds. The Morgan fingerprint density at radius 1 is 1.35 bits per heavy atom. The molecule has 2 rings (SSSR count). The van der Waals surface area contributed by atoms with Gasteiger partial charge in [-0.1, -0.05) is 30.0 Å². The molecular weight excluding hydrogens is 278 g/mol. The number of carbonyl (C=O) groups is 1. The van der Waals surface area contributed by atoms with Gasteiger partial charge < -0.3 is 14.4 Å². The first-order chi connectivity index (χ1) is 9.75. The number of nitrogens with zero attached hydrogens (tertiary/aromatic N) is 3. The molecule has 0 aliphatic heterocycles. The SMILES string of the molecule is O=C(O)CSc1nncn1CCCOc1ccccc1. The van der Waals surface area contributed by atoms with Gasteiger partial charge in [-0.15, -0.1) is 10.2 Å². The molecule has 1 aromatic heterocycles. The third kappa shape index (κ3) is 4.58. The van der Waals surface area contributed by atoms with Gasteiger partial charge in [0.25, 0.3) is 0 Å². The van der Waals surface area contributed by atoms with Gasteiger partial charge in [0.05, 0.1) is 12.4 Å². The van der Waals surface area contributed by atoms with E-state index in [4.69, 9.17) is 9.84 Å². The number of hydrogen-bond acceptors (Lipinski definition) is 5. The molecule has 0 saturated carbocycles. The van der Waals surface area contributed by atoms with Crippen LogP contribution >= 0.6 is 11.8 Å². The van der Waals surface area contributed by atoms with Gasteiger partial charge in [0.1, 0.15) is 12.1 Å². The average molecular weight is 293 g/mol. The number of aliphatic carboxylic acids is 1. The molecular formula is C13H15N3O3S. The van der Waals surface area contributed by atoms with Crippen molar-refractivity contribution in [2.75, 3.05) is 12.4 Å². The lowest BCUT2D eigenvalue weighted by atomic mass is 10.3. The van der Waals surface area contributed by atoms with Crippen molar-refractivity contribution in [3.63, 3.8) is 0 Å². The van der Waals surface area contributed by atoms with Crippen LogP contribution in [0.3, 0.4) is 0 Å². The number of benzene rings is 1. The number of ether oxygens (including phenoxy) is 1. The first-order valence-corrected chi connectivity index (χ1v) is 7.14. The van der Waals surface area contributed by atoms with Gasteiger partial charge in [-0.2, -0.15) is 0 Å². The molecule has 0 fully saturated rings. The number of hydrogen-bond donors (Lipinski definition) is 1. The van der Waals surface area contributed by atoms with Crippen molar-refractivity contribution in [1.82, 2.24) is 14.8 Å². The Kier molecular flexibility index (Phi) is 5.43. The van der Waals surface area contributed by atoms with E-state index in [0.717, 1.165) is 12.2 Å². The van der Waals surface area contributed by atoms with Crippen molar-refractivity contribution < 1.29 is 14.6 Å². The summed E-state index contributed by atoms with van der Waals surface area (Å²) in [7, 11) is 0. The molecule has 1 N–H and O–H groups in total. The lowest BCUT2D eigenvalue weighted by molar-refractivity contribution is -0.133. The zero-order valence-electron chi connectivity index (χ0n) is 10.8. The second-order valence-electron chi connectivity index (χ2n) is 4.00. The normalized spacial score (nSPS) is 10.4. The molecule has 1 heterocycles. The van der Waals surface area contributed by atoms with Gasteiger partial charge in [-0.3, -0.25) is 4.79 Å². The number of aryl methyl sites for hydroxylation is 1. The highest BCUT2D eigenvalue weighted by Crippen LogP contribution is 2.15. The van der Waals surface area contributed by atoms with Crippen molar-refractivity contribution in [3.8, 4) is 5.75 Å². The molecule has 0 bridgehead atoms. The van der Waals surface area contributed by atoms with Crippen LogP contribution in [0, 0.1) is 0 Å². The van der Waals surface area contributed by atoms with Crippen LogP contribution in [-0.2, 0) is 11.3 Å². The summed E-state index contributed by atoms with van der Waals surface area (Å²) in [6.45, 7) is 1.28. The fourth-order valence-corrected chi connectivity index (χ4v) is 2.24. The maximum absolute atomic E-state index is 10.5. The number of carboxylic acid groups (broad SMARTS) is 1. The Bertz CT molecular complexity index is 545. The fraction of sp³-hybridized carbons (Fsp3) is 0.308. The van der Waals surface area contributed by atoms with E-state index in [-0.39, 0.29) is 5.75 Å². The predicted octanol–water partition coefficient (Wildman–Crippen LogP) is 1.92. The van der Waals surface area contributed by atoms with E-state index in [9.17, 15) is 4.79 Å². The molecule has 0 aliphatic rings. The van der Waals surface area contributed by atoms with E-state index in [1.165, 1.54) is 11.8 Å². The highest BCUT2D eigenvalue weighted by atomic mass is 32.2. The number of para-hydroxylation sites is 1. The molecule has 0 spiro atoms. The van der Waals surface area contributed by atoms with Crippen LogP contribution in [0.1, 0.15) is 6.42 Å². The van der Waals surface area contributed by atoms with Crippen LogP contribution in [0.15, 0.2) is 41.8 Å². The Morgan fingerprint density at radius 3 is 2.90 bits per heavy atom. The van der Waals surface area contributed by atoms with Crippen molar-refractivity contribution in [3.05, 3.63) is 36.7 Å². The molecule has 0 radical (unpaired) electrons. The third-order valence-electron chi connectivity index (χ3n) is 2.46. The largest absolute Gasteiger partial charge is 0.494 e. The zero-order chi connectivity index (χ0) is 14.2. The van der Waals surface area contributed by atoms with Crippen LogP contribution in [0.25, 0.3) is 0 Å². The Morgan fingerprint density at radius 2 is 2.15 bits per heavy atom. The Labute approximate surface area is 120 Å². The van der Waals surface area contributed by atoms with Crippen LogP contribution in [0.5, 0.6) is 5.75 Å². The van der Waals surface area contributed by atoms with Gasteiger partial charge in [0, 0.05) is 6.54 Å². The number of carboxylic acids is 1. The van der Waals surface area contributed by atoms with Crippen molar-refractivity contribution in [2.45, 2.75) is 18.1 Å². The number of thioether (sulfide) groups is 1. The van der Waals surface area contributed by atoms with Gasteiger partial charge in [-0.25, -0.2) is 0 Å². The lowest BCUT2D eigenvalue weighted by Gasteiger charge is -2.07. The average Bonchev–Trinajstić information content (AvgIpc) is 2.90. The second-order valence-corrected chi connectivity index (χ2v) is 4.95. The first-order valence-electron chi connectivity index (χ1n) is 6.16. The molecule has 20 heavy (non-hydrogen) atoms.